The highest BCUT2D eigenvalue weighted by Crippen LogP contribution is 2.30. The minimum Gasteiger partial charge on any atom is -0.495 e. The average molecular weight is 536 g/mol. The topological polar surface area (TPSA) is 117 Å². The summed E-state index contributed by atoms with van der Waals surface area (Å²) < 4.78 is 27.1. The van der Waals surface area contributed by atoms with Crippen molar-refractivity contribution in [1.82, 2.24) is 4.90 Å². The molecule has 1 heterocycles. The maximum atomic E-state index is 16.3. The maximum absolute atomic E-state index is 16.3. The van der Waals surface area contributed by atoms with Crippen molar-refractivity contribution >= 4 is 29.2 Å². The van der Waals surface area contributed by atoms with Crippen LogP contribution in [0, 0.1) is 6.92 Å². The molecule has 3 aromatic rings. The first-order valence-electron chi connectivity index (χ1n) is 12.5. The van der Waals surface area contributed by atoms with E-state index < -0.39 is 23.8 Å². The van der Waals surface area contributed by atoms with Crippen LogP contribution in [0.5, 0.6) is 11.5 Å². The zero-order valence-electron chi connectivity index (χ0n) is 21.7. The summed E-state index contributed by atoms with van der Waals surface area (Å²) in [5.41, 5.74) is 2.31. The maximum Gasteiger partial charge on any atom is 0.371 e. The molecule has 1 saturated heterocycles. The van der Waals surface area contributed by atoms with Gasteiger partial charge in [0, 0.05) is 25.2 Å². The lowest BCUT2D eigenvalue weighted by Crippen LogP contribution is -2.55. The number of amides is 2. The Balaban J connectivity index is 1.46. The van der Waals surface area contributed by atoms with Crippen molar-refractivity contribution < 1.29 is 33.4 Å². The molecule has 3 N–H and O–H groups in total. The summed E-state index contributed by atoms with van der Waals surface area (Å²) in [7, 11) is 1.51. The van der Waals surface area contributed by atoms with Crippen LogP contribution in [0.1, 0.15) is 34.3 Å². The number of carboxylic acid groups (broad SMARTS) is 1. The summed E-state index contributed by atoms with van der Waals surface area (Å²) in [5, 5.41) is 14.6. The third kappa shape index (κ3) is 6.53. The fourth-order valence-electron chi connectivity index (χ4n) is 4.42. The number of alkyl halides is 1. The smallest absolute Gasteiger partial charge is 0.371 e. The number of ketones is 1. The number of para-hydroxylation sites is 2. The molecule has 1 aliphatic rings. The number of hydrogen-bond donors (Lipinski definition) is 3. The number of halogens is 1. The second-order valence-corrected chi connectivity index (χ2v) is 9.22. The highest BCUT2D eigenvalue weighted by Gasteiger charge is 2.48. The van der Waals surface area contributed by atoms with E-state index in [1.54, 1.807) is 49.4 Å². The molecule has 3 aromatic carbocycles. The van der Waals surface area contributed by atoms with Crippen LogP contribution < -0.4 is 20.1 Å². The number of nitrogens with one attached hydrogen (secondary N) is 2. The van der Waals surface area contributed by atoms with Gasteiger partial charge < -0.3 is 25.2 Å². The Labute approximate surface area is 225 Å². The number of hydrogen-bond acceptors (Lipinski definition) is 6. The third-order valence-electron chi connectivity index (χ3n) is 6.47. The number of carbonyl (C=O) groups is 3. The molecule has 0 bridgehead atoms. The molecule has 2 amide bonds. The molecule has 4 rings (SSSR count). The Hall–Kier alpha value is -4.44. The van der Waals surface area contributed by atoms with E-state index in [0.717, 1.165) is 12.8 Å². The quantitative estimate of drug-likeness (QED) is 0.303. The number of anilines is 2. The SMILES string of the molecule is COc1ccccc1NC(=O)Nc1ccc(CC(=O)C(F)(Oc2ccc(C(=O)O)cc2)N2CCCC2)cc1C. The van der Waals surface area contributed by atoms with Crippen LogP contribution in [0.3, 0.4) is 0 Å². The zero-order chi connectivity index (χ0) is 28.0. The Morgan fingerprint density at radius 2 is 1.64 bits per heavy atom. The van der Waals surface area contributed by atoms with Crippen molar-refractivity contribution in [3.05, 3.63) is 83.4 Å². The molecule has 1 aliphatic heterocycles. The normalized spacial score (nSPS) is 14.7. The van der Waals surface area contributed by atoms with Crippen LogP contribution in [0.4, 0.5) is 20.6 Å². The molecule has 0 radical (unpaired) electrons. The van der Waals surface area contributed by atoms with Gasteiger partial charge in [-0.25, -0.2) is 14.5 Å². The molecule has 0 saturated carbocycles. The molecule has 1 atom stereocenters. The Morgan fingerprint density at radius 3 is 2.28 bits per heavy atom. The Bertz CT molecular complexity index is 1360. The number of likely N-dealkylation sites (tertiary alicyclic amines) is 1. The third-order valence-corrected chi connectivity index (χ3v) is 6.47. The molecule has 1 unspecified atom stereocenters. The van der Waals surface area contributed by atoms with Gasteiger partial charge in [-0.2, -0.15) is 4.39 Å². The van der Waals surface area contributed by atoms with Gasteiger partial charge in [-0.15, -0.1) is 0 Å². The first kappa shape index (κ1) is 27.6. The van der Waals surface area contributed by atoms with E-state index in [1.807, 2.05) is 0 Å². The largest absolute Gasteiger partial charge is 0.495 e. The summed E-state index contributed by atoms with van der Waals surface area (Å²) in [6.07, 6.45) is 1.22. The van der Waals surface area contributed by atoms with Gasteiger partial charge in [-0.1, -0.05) is 24.3 Å². The highest BCUT2D eigenvalue weighted by atomic mass is 19.2. The van der Waals surface area contributed by atoms with E-state index in [4.69, 9.17) is 14.6 Å². The number of aromatic carboxylic acids is 1. The predicted molar refractivity (Wildman–Crippen MR) is 144 cm³/mol. The zero-order valence-corrected chi connectivity index (χ0v) is 21.7. The monoisotopic (exact) mass is 535 g/mol. The summed E-state index contributed by atoms with van der Waals surface area (Å²) in [6, 6.07) is 16.8. The number of urea groups is 1. The van der Waals surface area contributed by atoms with E-state index in [0.29, 0.717) is 41.3 Å². The highest BCUT2D eigenvalue weighted by molar-refractivity contribution is 6.01. The number of carboxylic acids is 1. The number of carbonyl (C=O) groups excluding carboxylic acids is 2. The summed E-state index contributed by atoms with van der Waals surface area (Å²) in [6.45, 7) is 2.49. The lowest BCUT2D eigenvalue weighted by atomic mass is 10.0. The summed E-state index contributed by atoms with van der Waals surface area (Å²) in [5.74, 6) is -4.03. The van der Waals surface area contributed by atoms with E-state index in [9.17, 15) is 14.4 Å². The number of aryl methyl sites for hydroxylation is 1. The molecular formula is C29H30FN3O6. The molecule has 9 nitrogen and oxygen atoms in total. The van der Waals surface area contributed by atoms with Crippen molar-refractivity contribution in [2.24, 2.45) is 0 Å². The molecule has 0 spiro atoms. The van der Waals surface area contributed by atoms with Crippen LogP contribution in [0.2, 0.25) is 0 Å². The Morgan fingerprint density at radius 1 is 0.974 bits per heavy atom. The molecule has 10 heteroatoms. The van der Waals surface area contributed by atoms with Gasteiger partial charge in [0.15, 0.2) is 0 Å². The molecule has 39 heavy (non-hydrogen) atoms. The lowest BCUT2D eigenvalue weighted by Gasteiger charge is -2.33. The number of benzene rings is 3. The van der Waals surface area contributed by atoms with E-state index in [2.05, 4.69) is 10.6 Å². The van der Waals surface area contributed by atoms with Crippen LogP contribution in [-0.2, 0) is 11.2 Å². The van der Waals surface area contributed by atoms with Gasteiger partial charge in [0.05, 0.1) is 18.4 Å². The molecular weight excluding hydrogens is 505 g/mol. The molecule has 204 valence electrons. The van der Waals surface area contributed by atoms with Gasteiger partial charge in [-0.05, 0) is 73.4 Å². The molecule has 1 fully saturated rings. The van der Waals surface area contributed by atoms with Crippen molar-refractivity contribution in [2.45, 2.75) is 32.2 Å². The second-order valence-electron chi connectivity index (χ2n) is 9.22. The van der Waals surface area contributed by atoms with Crippen LogP contribution in [0.25, 0.3) is 0 Å². The Kier molecular flexibility index (Phi) is 8.46. The van der Waals surface area contributed by atoms with Gasteiger partial charge in [-0.3, -0.25) is 4.79 Å². The minimum absolute atomic E-state index is 0.0278. The van der Waals surface area contributed by atoms with Crippen molar-refractivity contribution in [2.75, 3.05) is 30.8 Å². The van der Waals surface area contributed by atoms with Gasteiger partial charge in [0.1, 0.15) is 11.5 Å². The van der Waals surface area contributed by atoms with Crippen molar-refractivity contribution in [1.29, 1.82) is 0 Å². The van der Waals surface area contributed by atoms with Gasteiger partial charge in [0.2, 0.25) is 5.78 Å². The van der Waals surface area contributed by atoms with E-state index in [1.165, 1.54) is 36.3 Å². The number of nitrogens with zero attached hydrogens (tertiary/aromatic N) is 1. The van der Waals surface area contributed by atoms with Crippen LogP contribution in [-0.4, -0.2) is 54.0 Å². The van der Waals surface area contributed by atoms with Crippen molar-refractivity contribution in [3.63, 3.8) is 0 Å². The van der Waals surface area contributed by atoms with E-state index in [-0.39, 0.29) is 17.7 Å². The van der Waals surface area contributed by atoms with Crippen molar-refractivity contribution in [3.8, 4) is 11.5 Å². The lowest BCUT2D eigenvalue weighted by molar-refractivity contribution is -0.191. The average Bonchev–Trinajstić information content (AvgIpc) is 3.47. The number of ether oxygens (including phenoxy) is 2. The molecule has 0 aromatic heterocycles. The standard InChI is InChI=1S/C29H30FN3O6/c1-19-17-20(9-14-23(19)31-28(37)32-24-7-3-4-8-25(24)38-2)18-26(34)29(30,33-15-5-6-16-33)39-22-12-10-21(11-13-22)27(35)36/h3-4,7-14,17H,5-6,15-16,18H2,1-2H3,(H,35,36)(H2,31,32,37). The minimum atomic E-state index is -2.71. The fourth-order valence-corrected chi connectivity index (χ4v) is 4.42. The number of methoxy groups -OCH3 is 1. The summed E-state index contributed by atoms with van der Waals surface area (Å²) in [4.78, 5) is 38.3. The number of rotatable bonds is 10. The molecule has 0 aliphatic carbocycles. The first-order chi connectivity index (χ1) is 18.7. The van der Waals surface area contributed by atoms with Crippen LogP contribution >= 0.6 is 0 Å². The van der Waals surface area contributed by atoms with Gasteiger partial charge in [0.25, 0.3) is 0 Å². The number of Topliss-reactive ketones (excluding diaryl/α,β-unsaturated/α-hetero) is 1. The second kappa shape index (κ2) is 12.0. The summed E-state index contributed by atoms with van der Waals surface area (Å²) >= 11 is 0. The van der Waals surface area contributed by atoms with E-state index >= 15 is 4.39 Å². The van der Waals surface area contributed by atoms with Crippen LogP contribution in [0.15, 0.2) is 66.7 Å². The predicted octanol–water partition coefficient (Wildman–Crippen LogP) is 5.26. The van der Waals surface area contributed by atoms with Gasteiger partial charge >= 0.3 is 18.0 Å². The first-order valence-corrected chi connectivity index (χ1v) is 12.5. The fraction of sp³-hybridized carbons (Fsp3) is 0.276.